The predicted molar refractivity (Wildman–Crippen MR) is 49.4 cm³/mol. The van der Waals surface area contributed by atoms with E-state index in [-0.39, 0.29) is 11.2 Å². The summed E-state index contributed by atoms with van der Waals surface area (Å²) < 4.78 is 4.96. The second-order valence-electron chi connectivity index (χ2n) is 4.28. The second-order valence-corrected chi connectivity index (χ2v) is 4.28. The normalized spacial score (nSPS) is 11.7. The molecule has 13 heavy (non-hydrogen) atoms. The van der Waals surface area contributed by atoms with Crippen molar-refractivity contribution < 1.29 is 9.32 Å². The summed E-state index contributed by atoms with van der Waals surface area (Å²) in [6.45, 7) is 7.55. The Hall–Kier alpha value is -1.12. The van der Waals surface area contributed by atoms with E-state index >= 15 is 0 Å². The van der Waals surface area contributed by atoms with Crippen LogP contribution in [0.5, 0.6) is 0 Å². The summed E-state index contributed by atoms with van der Waals surface area (Å²) in [6, 6.07) is 1.80. The van der Waals surface area contributed by atoms with E-state index in [1.807, 2.05) is 27.7 Å². The zero-order valence-electron chi connectivity index (χ0n) is 8.55. The topological polar surface area (TPSA) is 43.1 Å². The molecule has 0 fully saturated rings. The number of Topliss-reactive ketones (excluding diaryl/α,β-unsaturated/α-hetero) is 1. The Morgan fingerprint density at radius 3 is 2.54 bits per heavy atom. The van der Waals surface area contributed by atoms with Crippen molar-refractivity contribution in [1.29, 1.82) is 0 Å². The number of carbonyl (C=O) groups excluding carboxylic acids is 1. The molecule has 1 rings (SSSR count). The van der Waals surface area contributed by atoms with Crippen LogP contribution in [0.25, 0.3) is 0 Å². The quantitative estimate of drug-likeness (QED) is 0.702. The van der Waals surface area contributed by atoms with Crippen molar-refractivity contribution in [2.24, 2.45) is 5.41 Å². The Bertz CT molecular complexity index is 307. The van der Waals surface area contributed by atoms with Gasteiger partial charge in [-0.25, -0.2) is 0 Å². The molecule has 0 spiro atoms. The van der Waals surface area contributed by atoms with E-state index in [2.05, 4.69) is 5.16 Å². The van der Waals surface area contributed by atoms with Crippen molar-refractivity contribution in [3.63, 3.8) is 0 Å². The van der Waals surface area contributed by atoms with Crippen molar-refractivity contribution >= 4 is 5.78 Å². The molecular formula is C10H15NO2. The number of aromatic nitrogens is 1. The summed E-state index contributed by atoms with van der Waals surface area (Å²) >= 11 is 0. The molecule has 3 nitrogen and oxygen atoms in total. The molecule has 3 heteroatoms. The highest BCUT2D eigenvalue weighted by molar-refractivity contribution is 5.85. The average molecular weight is 181 g/mol. The van der Waals surface area contributed by atoms with E-state index in [4.69, 9.17) is 4.52 Å². The Morgan fingerprint density at radius 2 is 2.15 bits per heavy atom. The molecule has 0 aliphatic rings. The predicted octanol–water partition coefficient (Wildman–Crippen LogP) is 2.14. The van der Waals surface area contributed by atoms with Crippen LogP contribution in [0.15, 0.2) is 10.6 Å². The van der Waals surface area contributed by atoms with E-state index in [1.165, 1.54) is 0 Å². The van der Waals surface area contributed by atoms with Crippen molar-refractivity contribution in [2.75, 3.05) is 0 Å². The first-order chi connectivity index (χ1) is 5.89. The monoisotopic (exact) mass is 181 g/mol. The number of ketones is 1. The fourth-order valence-corrected chi connectivity index (χ4v) is 0.923. The van der Waals surface area contributed by atoms with Gasteiger partial charge in [-0.2, -0.15) is 0 Å². The third kappa shape index (κ3) is 2.68. The highest BCUT2D eigenvalue weighted by Crippen LogP contribution is 2.17. The van der Waals surface area contributed by atoms with E-state index in [1.54, 1.807) is 6.07 Å². The maximum absolute atomic E-state index is 11.6. The number of rotatable bonds is 2. The van der Waals surface area contributed by atoms with Crippen molar-refractivity contribution in [2.45, 2.75) is 34.1 Å². The lowest BCUT2D eigenvalue weighted by molar-refractivity contribution is -0.125. The molecule has 1 heterocycles. The van der Waals surface area contributed by atoms with Crippen LogP contribution in [0.1, 0.15) is 32.2 Å². The van der Waals surface area contributed by atoms with Crippen LogP contribution in [0.4, 0.5) is 0 Å². The van der Waals surface area contributed by atoms with Gasteiger partial charge >= 0.3 is 0 Å². The number of nitrogens with zero attached hydrogens (tertiary/aromatic N) is 1. The van der Waals surface area contributed by atoms with E-state index in [9.17, 15) is 4.79 Å². The largest absolute Gasteiger partial charge is 0.361 e. The number of hydrogen-bond donors (Lipinski definition) is 0. The highest BCUT2D eigenvalue weighted by Gasteiger charge is 2.22. The number of carbonyl (C=O) groups is 1. The molecule has 0 saturated carbocycles. The molecule has 0 unspecified atom stereocenters. The smallest absolute Gasteiger partial charge is 0.145 e. The molecule has 1 aromatic rings. The lowest BCUT2D eigenvalue weighted by Gasteiger charge is -2.14. The first-order valence-corrected chi connectivity index (χ1v) is 4.35. The third-order valence-electron chi connectivity index (χ3n) is 1.85. The number of aryl methyl sites for hydroxylation is 1. The summed E-state index contributed by atoms with van der Waals surface area (Å²) in [6.07, 6.45) is 0.338. The minimum atomic E-state index is -0.305. The van der Waals surface area contributed by atoms with Crippen molar-refractivity contribution in [3.05, 3.63) is 17.5 Å². The van der Waals surface area contributed by atoms with Gasteiger partial charge < -0.3 is 4.52 Å². The SMILES string of the molecule is Cc1cc(CC(=O)C(C)(C)C)on1. The van der Waals surface area contributed by atoms with Crippen LogP contribution in [-0.4, -0.2) is 10.9 Å². The van der Waals surface area contributed by atoms with Gasteiger partial charge in [0.15, 0.2) is 0 Å². The molecular weight excluding hydrogens is 166 g/mol. The van der Waals surface area contributed by atoms with Gasteiger partial charge in [-0.05, 0) is 6.92 Å². The Kier molecular flexibility index (Phi) is 2.55. The average Bonchev–Trinajstić information content (AvgIpc) is 2.33. The molecule has 0 N–H and O–H groups in total. The van der Waals surface area contributed by atoms with Crippen LogP contribution in [0, 0.1) is 12.3 Å². The van der Waals surface area contributed by atoms with Crippen LogP contribution >= 0.6 is 0 Å². The standard InChI is InChI=1S/C10H15NO2/c1-7-5-8(13-11-7)6-9(12)10(2,3)4/h5H,6H2,1-4H3. The zero-order chi connectivity index (χ0) is 10.1. The summed E-state index contributed by atoms with van der Waals surface area (Å²) in [5, 5.41) is 3.72. The zero-order valence-corrected chi connectivity index (χ0v) is 8.55. The van der Waals surface area contributed by atoms with Crippen molar-refractivity contribution in [1.82, 2.24) is 5.16 Å². The Labute approximate surface area is 78.1 Å². The van der Waals surface area contributed by atoms with Crippen LogP contribution in [-0.2, 0) is 11.2 Å². The van der Waals surface area contributed by atoms with Gasteiger partial charge in [-0.1, -0.05) is 25.9 Å². The third-order valence-corrected chi connectivity index (χ3v) is 1.85. The van der Waals surface area contributed by atoms with Gasteiger partial charge in [0.25, 0.3) is 0 Å². The van der Waals surface area contributed by atoms with Crippen LogP contribution in [0.3, 0.4) is 0 Å². The van der Waals surface area contributed by atoms with Gasteiger partial charge in [0.1, 0.15) is 11.5 Å². The second kappa shape index (κ2) is 3.32. The van der Waals surface area contributed by atoms with E-state index < -0.39 is 0 Å². The summed E-state index contributed by atoms with van der Waals surface area (Å²) in [7, 11) is 0. The fourth-order valence-electron chi connectivity index (χ4n) is 0.923. The maximum Gasteiger partial charge on any atom is 0.145 e. The molecule has 0 amide bonds. The maximum atomic E-state index is 11.6. The summed E-state index contributed by atoms with van der Waals surface area (Å²) in [5.41, 5.74) is 0.512. The van der Waals surface area contributed by atoms with E-state index in [0.717, 1.165) is 5.69 Å². The molecule has 0 aliphatic heterocycles. The van der Waals surface area contributed by atoms with Gasteiger partial charge in [0.2, 0.25) is 0 Å². The van der Waals surface area contributed by atoms with Gasteiger partial charge in [-0.15, -0.1) is 0 Å². The molecule has 0 radical (unpaired) electrons. The summed E-state index contributed by atoms with van der Waals surface area (Å²) in [5.74, 6) is 0.820. The lowest BCUT2D eigenvalue weighted by atomic mass is 9.88. The lowest BCUT2D eigenvalue weighted by Crippen LogP contribution is -2.21. The minimum absolute atomic E-state index is 0.170. The van der Waals surface area contributed by atoms with Crippen molar-refractivity contribution in [3.8, 4) is 0 Å². The van der Waals surface area contributed by atoms with Gasteiger partial charge in [-0.3, -0.25) is 4.79 Å². The molecule has 0 aromatic carbocycles. The van der Waals surface area contributed by atoms with Crippen LogP contribution < -0.4 is 0 Å². The first kappa shape index (κ1) is 9.96. The first-order valence-electron chi connectivity index (χ1n) is 4.35. The van der Waals surface area contributed by atoms with Gasteiger partial charge in [0.05, 0.1) is 12.1 Å². The fraction of sp³-hybridized carbons (Fsp3) is 0.600. The van der Waals surface area contributed by atoms with E-state index in [0.29, 0.717) is 12.2 Å². The highest BCUT2D eigenvalue weighted by atomic mass is 16.5. The minimum Gasteiger partial charge on any atom is -0.361 e. The molecule has 72 valence electrons. The van der Waals surface area contributed by atoms with Gasteiger partial charge in [0, 0.05) is 11.5 Å². The van der Waals surface area contributed by atoms with Crippen LogP contribution in [0.2, 0.25) is 0 Å². The number of hydrogen-bond acceptors (Lipinski definition) is 3. The molecule has 0 atom stereocenters. The molecule has 0 aliphatic carbocycles. The Morgan fingerprint density at radius 1 is 1.54 bits per heavy atom. The summed E-state index contributed by atoms with van der Waals surface area (Å²) in [4.78, 5) is 11.6. The molecule has 0 bridgehead atoms. The molecule has 0 saturated heterocycles. The Balaban J connectivity index is 2.65. The molecule has 1 aromatic heterocycles.